The summed E-state index contributed by atoms with van der Waals surface area (Å²) < 4.78 is 10.9. The smallest absolute Gasteiger partial charge is 0.189 e. The van der Waals surface area contributed by atoms with E-state index in [1.54, 1.807) is 7.11 Å². The van der Waals surface area contributed by atoms with Crippen LogP contribution >= 0.6 is 24.0 Å². The fraction of sp³-hybridized carbons (Fsp3) is 0.611. The van der Waals surface area contributed by atoms with Gasteiger partial charge >= 0.3 is 0 Å². The van der Waals surface area contributed by atoms with Gasteiger partial charge < -0.3 is 20.5 Å². The summed E-state index contributed by atoms with van der Waals surface area (Å²) in [5.74, 6) is 2.02. The first-order chi connectivity index (χ1) is 11.2. The van der Waals surface area contributed by atoms with Gasteiger partial charge in [-0.25, -0.2) is 4.99 Å². The number of rotatable bonds is 6. The summed E-state index contributed by atoms with van der Waals surface area (Å²) in [6.45, 7) is 3.11. The first kappa shape index (κ1) is 20.9. The third-order valence-corrected chi connectivity index (χ3v) is 4.17. The van der Waals surface area contributed by atoms with E-state index in [4.69, 9.17) is 15.2 Å². The molecule has 1 aliphatic rings. The summed E-state index contributed by atoms with van der Waals surface area (Å²) >= 11 is 0. The third-order valence-electron chi connectivity index (χ3n) is 4.17. The van der Waals surface area contributed by atoms with Crippen LogP contribution in [0.1, 0.15) is 51.0 Å². The van der Waals surface area contributed by atoms with Crippen LogP contribution in [0.5, 0.6) is 11.5 Å². The topological polar surface area (TPSA) is 68.9 Å². The van der Waals surface area contributed by atoms with E-state index in [9.17, 15) is 0 Å². The van der Waals surface area contributed by atoms with Gasteiger partial charge in [-0.15, -0.1) is 24.0 Å². The highest BCUT2D eigenvalue weighted by Crippen LogP contribution is 2.28. The van der Waals surface area contributed by atoms with E-state index in [1.165, 1.54) is 38.5 Å². The Kier molecular flexibility index (Phi) is 9.90. The van der Waals surface area contributed by atoms with Crippen LogP contribution < -0.4 is 20.5 Å². The minimum Gasteiger partial charge on any atom is -0.493 e. The SMILES string of the molecule is CCOc1ccc(CN=C(N)NC2CCCCCC2)cc1OC.I. The minimum absolute atomic E-state index is 0. The Hall–Kier alpha value is -1.18. The van der Waals surface area contributed by atoms with E-state index in [-0.39, 0.29) is 24.0 Å². The zero-order valence-corrected chi connectivity index (χ0v) is 17.0. The fourth-order valence-corrected chi connectivity index (χ4v) is 2.94. The third kappa shape index (κ3) is 6.75. The van der Waals surface area contributed by atoms with Gasteiger partial charge in [-0.1, -0.05) is 31.7 Å². The Morgan fingerprint density at radius 3 is 2.54 bits per heavy atom. The highest BCUT2D eigenvalue weighted by molar-refractivity contribution is 14.0. The molecular formula is C18H30IN3O2. The van der Waals surface area contributed by atoms with Crippen molar-refractivity contribution in [1.82, 2.24) is 5.32 Å². The molecule has 0 atom stereocenters. The first-order valence-electron chi connectivity index (χ1n) is 8.59. The second-order valence-electron chi connectivity index (χ2n) is 5.95. The van der Waals surface area contributed by atoms with Crippen LogP contribution in [0.3, 0.4) is 0 Å². The molecule has 0 aromatic heterocycles. The standard InChI is InChI=1S/C18H29N3O2.HI/c1-3-23-16-11-10-14(12-17(16)22-2)13-20-18(19)21-15-8-6-4-5-7-9-15;/h10-12,15H,3-9,13H2,1-2H3,(H3,19,20,21);1H. The number of nitrogens with two attached hydrogens (primary N) is 1. The Balaban J connectivity index is 0.00000288. The van der Waals surface area contributed by atoms with Crippen LogP contribution in [0.15, 0.2) is 23.2 Å². The van der Waals surface area contributed by atoms with Gasteiger partial charge in [0.25, 0.3) is 0 Å². The number of hydrogen-bond donors (Lipinski definition) is 2. The molecule has 1 aromatic rings. The minimum atomic E-state index is 0. The molecule has 0 spiro atoms. The fourth-order valence-electron chi connectivity index (χ4n) is 2.94. The molecule has 1 saturated carbocycles. The van der Waals surface area contributed by atoms with Crippen LogP contribution in [-0.2, 0) is 6.54 Å². The molecule has 2 rings (SSSR count). The Morgan fingerprint density at radius 1 is 1.21 bits per heavy atom. The molecule has 1 fully saturated rings. The van der Waals surface area contributed by atoms with Crippen molar-refractivity contribution in [2.45, 2.75) is 58.0 Å². The molecule has 3 N–H and O–H groups in total. The number of aliphatic imine (C=N–C) groups is 1. The largest absolute Gasteiger partial charge is 0.493 e. The molecule has 0 unspecified atom stereocenters. The van der Waals surface area contributed by atoms with Crippen LogP contribution in [0.4, 0.5) is 0 Å². The number of nitrogens with one attached hydrogen (secondary N) is 1. The van der Waals surface area contributed by atoms with E-state index in [0.29, 0.717) is 25.2 Å². The van der Waals surface area contributed by atoms with Crippen molar-refractivity contribution >= 4 is 29.9 Å². The van der Waals surface area contributed by atoms with Gasteiger partial charge in [0.1, 0.15) is 0 Å². The molecule has 0 amide bonds. The molecule has 1 aromatic carbocycles. The van der Waals surface area contributed by atoms with E-state index in [2.05, 4.69) is 10.3 Å². The van der Waals surface area contributed by atoms with Crippen molar-refractivity contribution in [3.63, 3.8) is 0 Å². The predicted molar refractivity (Wildman–Crippen MR) is 110 cm³/mol. The summed E-state index contributed by atoms with van der Waals surface area (Å²) in [5, 5.41) is 3.36. The van der Waals surface area contributed by atoms with Gasteiger partial charge in [0.2, 0.25) is 0 Å². The van der Waals surface area contributed by atoms with Gasteiger partial charge in [-0.2, -0.15) is 0 Å². The molecule has 0 saturated heterocycles. The lowest BCUT2D eigenvalue weighted by Gasteiger charge is -2.16. The van der Waals surface area contributed by atoms with E-state index in [1.807, 2.05) is 25.1 Å². The lowest BCUT2D eigenvalue weighted by molar-refractivity contribution is 0.310. The molecule has 5 nitrogen and oxygen atoms in total. The maximum Gasteiger partial charge on any atom is 0.189 e. The Morgan fingerprint density at radius 2 is 1.92 bits per heavy atom. The van der Waals surface area contributed by atoms with Gasteiger partial charge in [0.05, 0.1) is 20.3 Å². The Labute approximate surface area is 162 Å². The number of nitrogens with zero attached hydrogens (tertiary/aromatic N) is 1. The molecule has 136 valence electrons. The zero-order valence-electron chi connectivity index (χ0n) is 14.7. The quantitative estimate of drug-likeness (QED) is 0.301. The molecule has 24 heavy (non-hydrogen) atoms. The molecule has 1 aliphatic carbocycles. The lowest BCUT2D eigenvalue weighted by atomic mass is 10.1. The maximum absolute atomic E-state index is 6.03. The zero-order chi connectivity index (χ0) is 16.5. The summed E-state index contributed by atoms with van der Waals surface area (Å²) in [4.78, 5) is 4.46. The van der Waals surface area contributed by atoms with Gasteiger partial charge in [-0.05, 0) is 37.5 Å². The highest BCUT2D eigenvalue weighted by Gasteiger charge is 2.12. The summed E-state index contributed by atoms with van der Waals surface area (Å²) in [5.41, 5.74) is 7.09. The summed E-state index contributed by atoms with van der Waals surface area (Å²) in [7, 11) is 1.65. The monoisotopic (exact) mass is 447 g/mol. The van der Waals surface area contributed by atoms with E-state index in [0.717, 1.165) is 17.1 Å². The average molecular weight is 447 g/mol. The number of benzene rings is 1. The van der Waals surface area contributed by atoms with Crippen molar-refractivity contribution in [3.8, 4) is 11.5 Å². The highest BCUT2D eigenvalue weighted by atomic mass is 127. The number of halogens is 1. The van der Waals surface area contributed by atoms with Crippen LogP contribution in [0.25, 0.3) is 0 Å². The predicted octanol–water partition coefficient (Wildman–Crippen LogP) is 3.84. The molecule has 0 bridgehead atoms. The van der Waals surface area contributed by atoms with Gasteiger partial charge in [0.15, 0.2) is 17.5 Å². The van der Waals surface area contributed by atoms with Crippen LogP contribution in [-0.4, -0.2) is 25.7 Å². The van der Waals surface area contributed by atoms with Crippen molar-refractivity contribution in [3.05, 3.63) is 23.8 Å². The number of ether oxygens (including phenoxy) is 2. The van der Waals surface area contributed by atoms with Crippen LogP contribution in [0.2, 0.25) is 0 Å². The van der Waals surface area contributed by atoms with Crippen LogP contribution in [0, 0.1) is 0 Å². The average Bonchev–Trinajstić information content (AvgIpc) is 2.82. The lowest BCUT2D eigenvalue weighted by Crippen LogP contribution is -2.39. The second kappa shape index (κ2) is 11.4. The Bertz CT molecular complexity index is 515. The number of guanidine groups is 1. The van der Waals surface area contributed by atoms with E-state index < -0.39 is 0 Å². The van der Waals surface area contributed by atoms with Crippen molar-refractivity contribution in [1.29, 1.82) is 0 Å². The maximum atomic E-state index is 6.03. The number of methoxy groups -OCH3 is 1. The molecular weight excluding hydrogens is 417 g/mol. The van der Waals surface area contributed by atoms with Crippen molar-refractivity contribution < 1.29 is 9.47 Å². The van der Waals surface area contributed by atoms with E-state index >= 15 is 0 Å². The molecule has 0 radical (unpaired) electrons. The van der Waals surface area contributed by atoms with Gasteiger partial charge in [0, 0.05) is 6.04 Å². The normalized spacial score (nSPS) is 16.0. The summed E-state index contributed by atoms with van der Waals surface area (Å²) in [6, 6.07) is 6.34. The second-order valence-corrected chi connectivity index (χ2v) is 5.95. The number of hydrogen-bond acceptors (Lipinski definition) is 3. The van der Waals surface area contributed by atoms with Gasteiger partial charge in [-0.3, -0.25) is 0 Å². The molecule has 0 aliphatic heterocycles. The first-order valence-corrected chi connectivity index (χ1v) is 8.59. The molecule has 6 heteroatoms. The van der Waals surface area contributed by atoms with Crippen molar-refractivity contribution in [2.75, 3.05) is 13.7 Å². The molecule has 0 heterocycles. The summed E-state index contributed by atoms with van der Waals surface area (Å²) in [6.07, 6.45) is 7.60. The van der Waals surface area contributed by atoms with Crippen molar-refractivity contribution in [2.24, 2.45) is 10.7 Å².